The maximum Gasteiger partial charge on any atom is 0.102 e. The van der Waals surface area contributed by atoms with Crippen molar-refractivity contribution >= 4 is 5.57 Å². The summed E-state index contributed by atoms with van der Waals surface area (Å²) >= 11 is 0. The molecule has 1 aromatic rings. The normalized spacial score (nSPS) is 15.6. The minimum absolute atomic E-state index is 0.588. The SMILES string of the molecule is C/C(N)=C(\C#N)C1=CCCc2ccccc21. The fraction of sp³-hybridized carbons (Fsp3) is 0.214. The van der Waals surface area contributed by atoms with Crippen molar-refractivity contribution < 1.29 is 0 Å². The molecule has 2 nitrogen and oxygen atoms in total. The van der Waals surface area contributed by atoms with Crippen molar-refractivity contribution in [1.82, 2.24) is 0 Å². The number of nitrogens with zero attached hydrogens (tertiary/aromatic N) is 1. The maximum atomic E-state index is 9.15. The fourth-order valence-corrected chi connectivity index (χ4v) is 2.08. The lowest BCUT2D eigenvalue weighted by Gasteiger charge is -2.17. The predicted octanol–water partition coefficient (Wildman–Crippen LogP) is 2.77. The summed E-state index contributed by atoms with van der Waals surface area (Å²) in [6.07, 6.45) is 4.13. The van der Waals surface area contributed by atoms with Crippen molar-refractivity contribution in [2.24, 2.45) is 5.73 Å². The van der Waals surface area contributed by atoms with Crippen LogP contribution in [0.3, 0.4) is 0 Å². The van der Waals surface area contributed by atoms with Gasteiger partial charge in [0.25, 0.3) is 0 Å². The first-order chi connectivity index (χ1) is 7.74. The van der Waals surface area contributed by atoms with Crippen LogP contribution in [0.2, 0.25) is 0 Å². The molecule has 0 heterocycles. The fourth-order valence-electron chi connectivity index (χ4n) is 2.08. The molecule has 0 aliphatic heterocycles. The zero-order valence-corrected chi connectivity index (χ0v) is 9.33. The van der Waals surface area contributed by atoms with E-state index in [4.69, 9.17) is 11.0 Å². The zero-order chi connectivity index (χ0) is 11.5. The quantitative estimate of drug-likeness (QED) is 0.724. The van der Waals surface area contributed by atoms with Gasteiger partial charge in [-0.15, -0.1) is 0 Å². The van der Waals surface area contributed by atoms with Gasteiger partial charge >= 0.3 is 0 Å². The van der Waals surface area contributed by atoms with E-state index in [-0.39, 0.29) is 0 Å². The highest BCUT2D eigenvalue weighted by molar-refractivity contribution is 5.85. The second-order valence-electron chi connectivity index (χ2n) is 3.98. The van der Waals surface area contributed by atoms with E-state index in [9.17, 15) is 0 Å². The molecule has 2 N–H and O–H groups in total. The highest BCUT2D eigenvalue weighted by atomic mass is 14.6. The second-order valence-corrected chi connectivity index (χ2v) is 3.98. The lowest BCUT2D eigenvalue weighted by atomic mass is 9.86. The van der Waals surface area contributed by atoms with Gasteiger partial charge in [0.15, 0.2) is 0 Å². The summed E-state index contributed by atoms with van der Waals surface area (Å²) in [5.74, 6) is 0. The van der Waals surface area contributed by atoms with Crippen LogP contribution in [0.1, 0.15) is 24.5 Å². The molecule has 0 spiro atoms. The molecule has 1 aliphatic rings. The standard InChI is InChI=1S/C14H14N2/c1-10(16)14(9-15)13-8-4-6-11-5-2-3-7-12(11)13/h2-3,5,7-8H,4,6,16H2,1H3/b14-10-. The number of benzene rings is 1. The average Bonchev–Trinajstić information content (AvgIpc) is 2.30. The van der Waals surface area contributed by atoms with Crippen LogP contribution in [0.25, 0.3) is 5.57 Å². The number of nitriles is 1. The smallest absolute Gasteiger partial charge is 0.102 e. The molecule has 0 bridgehead atoms. The van der Waals surface area contributed by atoms with Crippen molar-refractivity contribution in [3.05, 3.63) is 52.7 Å². The van der Waals surface area contributed by atoms with Crippen LogP contribution < -0.4 is 5.73 Å². The molecular weight excluding hydrogens is 196 g/mol. The molecule has 0 fully saturated rings. The largest absolute Gasteiger partial charge is 0.401 e. The Labute approximate surface area is 95.7 Å². The number of rotatable bonds is 1. The molecule has 0 unspecified atom stereocenters. The third-order valence-electron chi connectivity index (χ3n) is 2.85. The van der Waals surface area contributed by atoms with E-state index < -0.39 is 0 Å². The first-order valence-corrected chi connectivity index (χ1v) is 5.39. The summed E-state index contributed by atoms with van der Waals surface area (Å²) in [7, 11) is 0. The summed E-state index contributed by atoms with van der Waals surface area (Å²) < 4.78 is 0. The molecule has 1 aromatic carbocycles. The molecule has 2 heteroatoms. The Morgan fingerprint density at radius 2 is 2.12 bits per heavy atom. The topological polar surface area (TPSA) is 49.8 Å². The zero-order valence-electron chi connectivity index (χ0n) is 9.33. The van der Waals surface area contributed by atoms with Crippen LogP contribution in [-0.4, -0.2) is 0 Å². The molecule has 16 heavy (non-hydrogen) atoms. The van der Waals surface area contributed by atoms with E-state index in [2.05, 4.69) is 24.3 Å². The summed E-state index contributed by atoms with van der Waals surface area (Å²) in [6, 6.07) is 10.4. The maximum absolute atomic E-state index is 9.15. The Hall–Kier alpha value is -2.01. The van der Waals surface area contributed by atoms with Crippen LogP contribution in [0, 0.1) is 11.3 Å². The molecular formula is C14H14N2. The molecule has 0 amide bonds. The third-order valence-corrected chi connectivity index (χ3v) is 2.85. The second kappa shape index (κ2) is 4.24. The molecule has 1 aliphatic carbocycles. The van der Waals surface area contributed by atoms with Gasteiger partial charge in [-0.3, -0.25) is 0 Å². The highest BCUT2D eigenvalue weighted by Crippen LogP contribution is 2.31. The Balaban J connectivity index is 2.57. The molecule has 0 radical (unpaired) electrons. The van der Waals surface area contributed by atoms with Gasteiger partial charge in [-0.25, -0.2) is 0 Å². The van der Waals surface area contributed by atoms with Gasteiger partial charge in [0.05, 0.1) is 5.57 Å². The number of fused-ring (bicyclic) bond motifs is 1. The average molecular weight is 210 g/mol. The number of aryl methyl sites for hydroxylation is 1. The van der Waals surface area contributed by atoms with Crippen LogP contribution >= 0.6 is 0 Å². The lowest BCUT2D eigenvalue weighted by molar-refractivity contribution is 0.976. The van der Waals surface area contributed by atoms with E-state index in [0.29, 0.717) is 11.3 Å². The Morgan fingerprint density at radius 1 is 1.38 bits per heavy atom. The van der Waals surface area contributed by atoms with Gasteiger partial charge in [-0.2, -0.15) is 5.26 Å². The number of hydrogen-bond donors (Lipinski definition) is 1. The predicted molar refractivity (Wildman–Crippen MR) is 65.2 cm³/mol. The first-order valence-electron chi connectivity index (χ1n) is 5.39. The number of nitrogens with two attached hydrogens (primary N) is 1. The summed E-state index contributed by atoms with van der Waals surface area (Å²) in [5.41, 5.74) is 10.4. The van der Waals surface area contributed by atoms with Gasteiger partial charge in [-0.1, -0.05) is 30.3 Å². The molecule has 0 aromatic heterocycles. The molecule has 0 atom stereocenters. The molecule has 0 saturated carbocycles. The third kappa shape index (κ3) is 1.72. The monoisotopic (exact) mass is 210 g/mol. The van der Waals surface area contributed by atoms with Crippen molar-refractivity contribution in [3.8, 4) is 6.07 Å². The number of hydrogen-bond acceptors (Lipinski definition) is 2. The molecule has 2 rings (SSSR count). The lowest BCUT2D eigenvalue weighted by Crippen LogP contribution is -2.05. The Morgan fingerprint density at radius 3 is 2.81 bits per heavy atom. The summed E-state index contributed by atoms with van der Waals surface area (Å²) in [5, 5.41) is 9.15. The first kappa shape index (κ1) is 10.5. The van der Waals surface area contributed by atoms with Gasteiger partial charge in [0.2, 0.25) is 0 Å². The van der Waals surface area contributed by atoms with Crippen molar-refractivity contribution in [2.45, 2.75) is 19.8 Å². The van der Waals surface area contributed by atoms with E-state index in [1.807, 2.05) is 12.1 Å². The van der Waals surface area contributed by atoms with E-state index in [1.165, 1.54) is 5.56 Å². The highest BCUT2D eigenvalue weighted by Gasteiger charge is 2.16. The van der Waals surface area contributed by atoms with E-state index in [0.717, 1.165) is 24.0 Å². The van der Waals surface area contributed by atoms with Gasteiger partial charge in [0, 0.05) is 5.70 Å². The van der Waals surface area contributed by atoms with Gasteiger partial charge in [-0.05, 0) is 36.5 Å². The van der Waals surface area contributed by atoms with Gasteiger partial charge in [0.1, 0.15) is 6.07 Å². The minimum atomic E-state index is 0.588. The molecule has 80 valence electrons. The van der Waals surface area contributed by atoms with Crippen molar-refractivity contribution in [2.75, 3.05) is 0 Å². The van der Waals surface area contributed by atoms with Crippen LogP contribution in [0.5, 0.6) is 0 Å². The van der Waals surface area contributed by atoms with E-state index >= 15 is 0 Å². The van der Waals surface area contributed by atoms with Crippen LogP contribution in [0.4, 0.5) is 0 Å². The van der Waals surface area contributed by atoms with Crippen molar-refractivity contribution in [3.63, 3.8) is 0 Å². The van der Waals surface area contributed by atoms with Crippen molar-refractivity contribution in [1.29, 1.82) is 5.26 Å². The van der Waals surface area contributed by atoms with Crippen LogP contribution in [0.15, 0.2) is 41.6 Å². The summed E-state index contributed by atoms with van der Waals surface area (Å²) in [6.45, 7) is 1.77. The molecule has 0 saturated heterocycles. The Kier molecular flexibility index (Phi) is 2.78. The summed E-state index contributed by atoms with van der Waals surface area (Å²) in [4.78, 5) is 0. The Bertz CT molecular complexity index is 512. The van der Waals surface area contributed by atoms with E-state index in [1.54, 1.807) is 6.92 Å². The van der Waals surface area contributed by atoms with Gasteiger partial charge < -0.3 is 5.73 Å². The minimum Gasteiger partial charge on any atom is -0.401 e. The van der Waals surface area contributed by atoms with Crippen LogP contribution in [-0.2, 0) is 6.42 Å². The number of allylic oxidation sites excluding steroid dienone is 4.